The fraction of sp³-hybridized carbons (Fsp3) is 0.533. The second kappa shape index (κ2) is 5.29. The Morgan fingerprint density at radius 1 is 1.26 bits per heavy atom. The van der Waals surface area contributed by atoms with E-state index in [1.165, 1.54) is 12.1 Å². The Bertz CT molecular complexity index is 450. The van der Waals surface area contributed by atoms with Gasteiger partial charge in [0.25, 0.3) is 0 Å². The second-order valence-electron chi connectivity index (χ2n) is 5.47. The van der Waals surface area contributed by atoms with E-state index in [4.69, 9.17) is 0 Å². The molecule has 1 saturated carbocycles. The summed E-state index contributed by atoms with van der Waals surface area (Å²) in [5.41, 5.74) is 1.000. The van der Waals surface area contributed by atoms with Crippen LogP contribution < -0.4 is 5.32 Å². The molecule has 0 spiro atoms. The number of amides is 1. The Morgan fingerprint density at radius 2 is 2.00 bits per heavy atom. The first kappa shape index (κ1) is 12.6. The molecule has 1 N–H and O–H groups in total. The molecular formula is C15H19FN2O. The zero-order valence-electron chi connectivity index (χ0n) is 10.9. The van der Waals surface area contributed by atoms with Gasteiger partial charge in [0, 0.05) is 12.6 Å². The summed E-state index contributed by atoms with van der Waals surface area (Å²) in [4.78, 5) is 14.5. The SMILES string of the molecule is O=C(C1CCCN1)N(Cc1ccc(F)cc1)C1CC1. The van der Waals surface area contributed by atoms with Crippen molar-refractivity contribution in [3.63, 3.8) is 0 Å². The minimum Gasteiger partial charge on any atom is -0.334 e. The third-order valence-corrected chi connectivity index (χ3v) is 3.90. The number of benzene rings is 1. The lowest BCUT2D eigenvalue weighted by Gasteiger charge is -2.25. The van der Waals surface area contributed by atoms with Crippen LogP contribution in [-0.4, -0.2) is 29.4 Å². The van der Waals surface area contributed by atoms with Gasteiger partial charge in [0.1, 0.15) is 5.82 Å². The summed E-state index contributed by atoms with van der Waals surface area (Å²) in [6, 6.07) is 6.82. The lowest BCUT2D eigenvalue weighted by atomic mass is 10.1. The maximum Gasteiger partial charge on any atom is 0.240 e. The molecule has 0 radical (unpaired) electrons. The Labute approximate surface area is 112 Å². The van der Waals surface area contributed by atoms with Gasteiger partial charge < -0.3 is 10.2 Å². The molecule has 1 amide bonds. The average Bonchev–Trinajstić information content (AvgIpc) is 3.11. The topological polar surface area (TPSA) is 32.3 Å². The summed E-state index contributed by atoms with van der Waals surface area (Å²) < 4.78 is 12.9. The molecule has 1 aromatic carbocycles. The molecule has 0 aromatic heterocycles. The lowest BCUT2D eigenvalue weighted by Crippen LogP contribution is -2.44. The van der Waals surface area contributed by atoms with Crippen LogP contribution in [0.2, 0.25) is 0 Å². The molecule has 1 aliphatic carbocycles. The number of nitrogens with zero attached hydrogens (tertiary/aromatic N) is 1. The molecule has 19 heavy (non-hydrogen) atoms. The summed E-state index contributed by atoms with van der Waals surface area (Å²) in [5.74, 6) is -0.0187. The highest BCUT2D eigenvalue weighted by Crippen LogP contribution is 2.29. The predicted octanol–water partition coefficient (Wildman–Crippen LogP) is 2.07. The average molecular weight is 262 g/mol. The Kier molecular flexibility index (Phi) is 3.51. The largest absolute Gasteiger partial charge is 0.334 e. The smallest absolute Gasteiger partial charge is 0.240 e. The number of hydrogen-bond acceptors (Lipinski definition) is 2. The van der Waals surface area contributed by atoms with Gasteiger partial charge in [-0.3, -0.25) is 4.79 Å². The van der Waals surface area contributed by atoms with Crippen molar-refractivity contribution in [1.82, 2.24) is 10.2 Å². The summed E-state index contributed by atoms with van der Waals surface area (Å²) in [7, 11) is 0. The highest BCUT2D eigenvalue weighted by atomic mass is 19.1. The van der Waals surface area contributed by atoms with Crippen molar-refractivity contribution in [2.75, 3.05) is 6.54 Å². The number of nitrogens with one attached hydrogen (secondary N) is 1. The maximum absolute atomic E-state index is 12.9. The number of rotatable bonds is 4. The maximum atomic E-state index is 12.9. The first-order chi connectivity index (χ1) is 9.24. The summed E-state index contributed by atoms with van der Waals surface area (Å²) in [6.07, 6.45) is 4.20. The minimum absolute atomic E-state index is 0.0129. The first-order valence-corrected chi connectivity index (χ1v) is 7.02. The van der Waals surface area contributed by atoms with Crippen molar-refractivity contribution in [1.29, 1.82) is 0 Å². The van der Waals surface area contributed by atoms with Crippen LogP contribution in [0.25, 0.3) is 0 Å². The Morgan fingerprint density at radius 3 is 2.58 bits per heavy atom. The van der Waals surface area contributed by atoms with Crippen LogP contribution in [-0.2, 0) is 11.3 Å². The molecule has 1 unspecified atom stereocenters. The van der Waals surface area contributed by atoms with E-state index in [1.54, 1.807) is 12.1 Å². The molecule has 2 aliphatic rings. The quantitative estimate of drug-likeness (QED) is 0.901. The lowest BCUT2D eigenvalue weighted by molar-refractivity contribution is -0.134. The summed E-state index contributed by atoms with van der Waals surface area (Å²) in [6.45, 7) is 1.54. The van der Waals surface area contributed by atoms with Gasteiger partial charge in [-0.1, -0.05) is 12.1 Å². The third-order valence-electron chi connectivity index (χ3n) is 3.90. The fourth-order valence-electron chi connectivity index (χ4n) is 2.66. The first-order valence-electron chi connectivity index (χ1n) is 7.02. The van der Waals surface area contributed by atoms with Gasteiger partial charge >= 0.3 is 0 Å². The van der Waals surface area contributed by atoms with E-state index in [9.17, 15) is 9.18 Å². The van der Waals surface area contributed by atoms with E-state index in [0.717, 1.165) is 37.8 Å². The number of carbonyl (C=O) groups is 1. The highest BCUT2D eigenvalue weighted by molar-refractivity contribution is 5.82. The zero-order valence-corrected chi connectivity index (χ0v) is 10.9. The molecule has 3 rings (SSSR count). The van der Waals surface area contributed by atoms with Crippen LogP contribution >= 0.6 is 0 Å². The molecular weight excluding hydrogens is 243 g/mol. The Balaban J connectivity index is 1.70. The van der Waals surface area contributed by atoms with Crippen LogP contribution in [0.4, 0.5) is 4.39 Å². The number of hydrogen-bond donors (Lipinski definition) is 1. The molecule has 1 aromatic rings. The normalized spacial score (nSPS) is 22.5. The zero-order chi connectivity index (χ0) is 13.2. The fourth-order valence-corrected chi connectivity index (χ4v) is 2.66. The van der Waals surface area contributed by atoms with Crippen LogP contribution in [0.1, 0.15) is 31.2 Å². The van der Waals surface area contributed by atoms with Gasteiger partial charge in [-0.05, 0) is 49.9 Å². The van der Waals surface area contributed by atoms with Crippen LogP contribution in [0, 0.1) is 5.82 Å². The van der Waals surface area contributed by atoms with Gasteiger partial charge in [0.15, 0.2) is 0 Å². The molecule has 4 heteroatoms. The van der Waals surface area contributed by atoms with Crippen molar-refractivity contribution in [2.24, 2.45) is 0 Å². The van der Waals surface area contributed by atoms with Crippen molar-refractivity contribution in [3.8, 4) is 0 Å². The molecule has 1 aliphatic heterocycles. The second-order valence-corrected chi connectivity index (χ2v) is 5.47. The van der Waals surface area contributed by atoms with E-state index in [2.05, 4.69) is 5.32 Å². The number of halogens is 1. The standard InChI is InChI=1S/C15H19FN2O/c16-12-5-3-11(4-6-12)10-18(13-7-8-13)15(19)14-2-1-9-17-14/h3-6,13-14,17H,1-2,7-10H2. The highest BCUT2D eigenvalue weighted by Gasteiger charge is 2.36. The molecule has 0 bridgehead atoms. The summed E-state index contributed by atoms with van der Waals surface area (Å²) in [5, 5.41) is 3.26. The third kappa shape index (κ3) is 2.95. The van der Waals surface area contributed by atoms with Gasteiger partial charge in [-0.2, -0.15) is 0 Å². The Hall–Kier alpha value is -1.42. The van der Waals surface area contributed by atoms with E-state index in [0.29, 0.717) is 12.6 Å². The van der Waals surface area contributed by atoms with Gasteiger partial charge in [0.2, 0.25) is 5.91 Å². The van der Waals surface area contributed by atoms with Crippen LogP contribution in [0.15, 0.2) is 24.3 Å². The van der Waals surface area contributed by atoms with E-state index < -0.39 is 0 Å². The molecule has 1 atom stereocenters. The van der Waals surface area contributed by atoms with E-state index in [-0.39, 0.29) is 17.8 Å². The molecule has 102 valence electrons. The van der Waals surface area contributed by atoms with Gasteiger partial charge in [0.05, 0.1) is 6.04 Å². The van der Waals surface area contributed by atoms with E-state index >= 15 is 0 Å². The molecule has 3 nitrogen and oxygen atoms in total. The summed E-state index contributed by atoms with van der Waals surface area (Å²) >= 11 is 0. The van der Waals surface area contributed by atoms with Crippen molar-refractivity contribution < 1.29 is 9.18 Å². The monoisotopic (exact) mass is 262 g/mol. The van der Waals surface area contributed by atoms with Crippen molar-refractivity contribution in [3.05, 3.63) is 35.6 Å². The van der Waals surface area contributed by atoms with Crippen molar-refractivity contribution in [2.45, 2.75) is 44.3 Å². The minimum atomic E-state index is -0.231. The van der Waals surface area contributed by atoms with Crippen molar-refractivity contribution >= 4 is 5.91 Å². The van der Waals surface area contributed by atoms with E-state index in [1.807, 2.05) is 4.90 Å². The molecule has 2 fully saturated rings. The molecule has 1 saturated heterocycles. The number of carbonyl (C=O) groups excluding carboxylic acids is 1. The van der Waals surface area contributed by atoms with Crippen LogP contribution in [0.5, 0.6) is 0 Å². The predicted molar refractivity (Wildman–Crippen MR) is 71.0 cm³/mol. The van der Waals surface area contributed by atoms with Gasteiger partial charge in [-0.15, -0.1) is 0 Å². The van der Waals surface area contributed by atoms with Crippen LogP contribution in [0.3, 0.4) is 0 Å². The molecule has 1 heterocycles. The van der Waals surface area contributed by atoms with Gasteiger partial charge in [-0.25, -0.2) is 4.39 Å².